The molecule has 3 rings (SSSR count). The minimum atomic E-state index is -0.166. The number of guanidine groups is 1. The first-order valence-corrected chi connectivity index (χ1v) is 9.47. The fraction of sp³-hybridized carbons (Fsp3) is 0.474. The van der Waals surface area contributed by atoms with Gasteiger partial charge in [-0.25, -0.2) is 9.37 Å². The van der Waals surface area contributed by atoms with Gasteiger partial charge in [-0.15, -0.1) is 35.3 Å². The van der Waals surface area contributed by atoms with Gasteiger partial charge in [-0.05, 0) is 44.4 Å². The van der Waals surface area contributed by atoms with Crippen LogP contribution in [0.4, 0.5) is 4.39 Å². The number of nitrogens with zero attached hydrogens (tertiary/aromatic N) is 2. The third-order valence-electron chi connectivity index (χ3n) is 4.81. The van der Waals surface area contributed by atoms with Crippen LogP contribution in [0.15, 0.2) is 29.3 Å². The van der Waals surface area contributed by atoms with E-state index >= 15 is 0 Å². The summed E-state index contributed by atoms with van der Waals surface area (Å²) in [5, 5.41) is 7.88. The van der Waals surface area contributed by atoms with E-state index in [1.165, 1.54) is 10.9 Å². The summed E-state index contributed by atoms with van der Waals surface area (Å²) in [5.41, 5.74) is 2.24. The second-order valence-electron chi connectivity index (χ2n) is 6.64. The van der Waals surface area contributed by atoms with Crippen LogP contribution in [0.2, 0.25) is 0 Å². The number of nitrogens with one attached hydrogen (secondary N) is 2. The molecular weight excluding hydrogens is 462 g/mol. The molecule has 0 bridgehead atoms. The van der Waals surface area contributed by atoms with Gasteiger partial charge in [0.05, 0.1) is 10.7 Å². The number of hydrogen-bond donors (Lipinski definition) is 2. The molecule has 1 heterocycles. The minimum absolute atomic E-state index is 0. The highest BCUT2D eigenvalue weighted by molar-refractivity contribution is 14.0. The van der Waals surface area contributed by atoms with Gasteiger partial charge in [0, 0.05) is 36.9 Å². The van der Waals surface area contributed by atoms with Crippen molar-refractivity contribution in [3.05, 3.63) is 51.2 Å². The van der Waals surface area contributed by atoms with Crippen LogP contribution in [0, 0.1) is 19.7 Å². The van der Waals surface area contributed by atoms with Gasteiger partial charge >= 0.3 is 0 Å². The van der Waals surface area contributed by atoms with E-state index < -0.39 is 0 Å². The summed E-state index contributed by atoms with van der Waals surface area (Å²) < 4.78 is 13.5. The normalized spacial score (nSPS) is 15.3. The highest BCUT2D eigenvalue weighted by atomic mass is 127. The molecule has 0 unspecified atom stereocenters. The lowest BCUT2D eigenvalue weighted by molar-refractivity contribution is 0.607. The number of thiazole rings is 1. The summed E-state index contributed by atoms with van der Waals surface area (Å²) in [6.45, 7) is 5.71. The van der Waals surface area contributed by atoms with Gasteiger partial charge in [0.2, 0.25) is 0 Å². The predicted octanol–water partition coefficient (Wildman–Crippen LogP) is 3.96. The Hall–Kier alpha value is -1.22. The van der Waals surface area contributed by atoms with Crippen molar-refractivity contribution in [1.82, 2.24) is 15.6 Å². The average molecular weight is 488 g/mol. The predicted molar refractivity (Wildman–Crippen MR) is 117 cm³/mol. The molecule has 0 amide bonds. The van der Waals surface area contributed by atoms with Crippen molar-refractivity contribution >= 4 is 41.3 Å². The quantitative estimate of drug-likeness (QED) is 0.368. The van der Waals surface area contributed by atoms with E-state index in [4.69, 9.17) is 0 Å². The molecule has 0 atom stereocenters. The Bertz CT molecular complexity index is 751. The highest BCUT2D eigenvalue weighted by Crippen LogP contribution is 2.47. The van der Waals surface area contributed by atoms with E-state index in [0.29, 0.717) is 0 Å². The van der Waals surface area contributed by atoms with Crippen molar-refractivity contribution in [2.75, 3.05) is 20.1 Å². The van der Waals surface area contributed by atoms with Crippen LogP contribution in [0.3, 0.4) is 0 Å². The first kappa shape index (κ1) is 21.1. The molecule has 1 fully saturated rings. The first-order chi connectivity index (χ1) is 12.0. The molecule has 0 aliphatic heterocycles. The zero-order valence-electron chi connectivity index (χ0n) is 15.4. The van der Waals surface area contributed by atoms with Crippen molar-refractivity contribution in [3.8, 4) is 0 Å². The smallest absolute Gasteiger partial charge is 0.191 e. The molecule has 2 aromatic rings. The highest BCUT2D eigenvalue weighted by Gasteiger charge is 2.44. The molecule has 1 aliphatic carbocycles. The molecule has 142 valence electrons. The van der Waals surface area contributed by atoms with Crippen molar-refractivity contribution < 1.29 is 4.39 Å². The molecule has 0 saturated heterocycles. The van der Waals surface area contributed by atoms with Crippen LogP contribution in [0.1, 0.15) is 34.0 Å². The Labute approximate surface area is 175 Å². The van der Waals surface area contributed by atoms with Gasteiger partial charge in [-0.3, -0.25) is 4.99 Å². The Morgan fingerprint density at radius 1 is 1.31 bits per heavy atom. The number of aromatic nitrogens is 1. The van der Waals surface area contributed by atoms with Gasteiger partial charge in [0.25, 0.3) is 0 Å². The standard InChI is InChI=1S/C19H25FN4S.HI/c1-13-14(2)25-17(24-13)7-10-22-18(21-3)23-12-19(8-9-19)15-5-4-6-16(20)11-15;/h4-6,11H,7-10,12H2,1-3H3,(H2,21,22,23);1H. The molecule has 0 spiro atoms. The van der Waals surface area contributed by atoms with Crippen LogP contribution in [0.5, 0.6) is 0 Å². The van der Waals surface area contributed by atoms with Crippen LogP contribution < -0.4 is 10.6 Å². The van der Waals surface area contributed by atoms with E-state index in [9.17, 15) is 4.39 Å². The lowest BCUT2D eigenvalue weighted by Crippen LogP contribution is -2.42. The van der Waals surface area contributed by atoms with Crippen molar-refractivity contribution in [2.45, 2.75) is 38.5 Å². The van der Waals surface area contributed by atoms with Crippen LogP contribution in [-0.4, -0.2) is 31.1 Å². The summed E-state index contributed by atoms with van der Waals surface area (Å²) in [5.74, 6) is 0.619. The van der Waals surface area contributed by atoms with Gasteiger partial charge < -0.3 is 10.6 Å². The van der Waals surface area contributed by atoms with Crippen molar-refractivity contribution in [2.24, 2.45) is 4.99 Å². The van der Waals surface area contributed by atoms with Gasteiger partial charge in [-0.1, -0.05) is 12.1 Å². The number of halogens is 2. The summed E-state index contributed by atoms with van der Waals surface area (Å²) in [6, 6.07) is 6.95. The molecule has 2 N–H and O–H groups in total. The monoisotopic (exact) mass is 488 g/mol. The van der Waals surface area contributed by atoms with Gasteiger partial charge in [0.15, 0.2) is 5.96 Å². The van der Waals surface area contributed by atoms with Gasteiger partial charge in [0.1, 0.15) is 5.82 Å². The van der Waals surface area contributed by atoms with Crippen LogP contribution in [0.25, 0.3) is 0 Å². The molecule has 26 heavy (non-hydrogen) atoms. The SMILES string of the molecule is CN=C(NCCc1nc(C)c(C)s1)NCC1(c2cccc(F)c2)CC1.I. The van der Waals surface area contributed by atoms with E-state index in [2.05, 4.69) is 27.5 Å². The molecule has 1 aromatic heterocycles. The zero-order chi connectivity index (χ0) is 17.9. The average Bonchev–Trinajstić information content (AvgIpc) is 3.32. The van der Waals surface area contributed by atoms with Crippen molar-refractivity contribution in [3.63, 3.8) is 0 Å². The largest absolute Gasteiger partial charge is 0.356 e. The van der Waals surface area contributed by atoms with E-state index in [-0.39, 0.29) is 35.2 Å². The van der Waals surface area contributed by atoms with E-state index in [0.717, 1.165) is 54.6 Å². The Morgan fingerprint density at radius 3 is 2.65 bits per heavy atom. The summed E-state index contributed by atoms with van der Waals surface area (Å²) >= 11 is 1.75. The Kier molecular flexibility index (Phi) is 7.40. The number of rotatable bonds is 6. The third-order valence-corrected chi connectivity index (χ3v) is 5.95. The maximum absolute atomic E-state index is 13.5. The number of hydrogen-bond acceptors (Lipinski definition) is 3. The summed E-state index contributed by atoms with van der Waals surface area (Å²) in [6.07, 6.45) is 3.05. The summed E-state index contributed by atoms with van der Waals surface area (Å²) in [4.78, 5) is 10.1. The van der Waals surface area contributed by atoms with Crippen LogP contribution >= 0.6 is 35.3 Å². The Morgan fingerprint density at radius 2 is 2.08 bits per heavy atom. The van der Waals surface area contributed by atoms with E-state index in [1.54, 1.807) is 30.5 Å². The molecule has 1 aromatic carbocycles. The number of aliphatic imine (C=N–C) groups is 1. The fourth-order valence-corrected chi connectivity index (χ4v) is 3.88. The molecule has 0 radical (unpaired) electrons. The first-order valence-electron chi connectivity index (χ1n) is 8.66. The molecule has 1 saturated carbocycles. The number of aryl methyl sites for hydroxylation is 2. The Balaban J connectivity index is 0.00000243. The second kappa shape index (κ2) is 9.12. The molecule has 4 nitrogen and oxygen atoms in total. The second-order valence-corrected chi connectivity index (χ2v) is 7.93. The minimum Gasteiger partial charge on any atom is -0.356 e. The lowest BCUT2D eigenvalue weighted by atomic mass is 9.96. The van der Waals surface area contributed by atoms with Gasteiger partial charge in [-0.2, -0.15) is 0 Å². The molecular formula is C19H26FIN4S. The number of benzene rings is 1. The molecule has 1 aliphatic rings. The van der Waals surface area contributed by atoms with E-state index in [1.807, 2.05) is 13.0 Å². The van der Waals surface area contributed by atoms with Crippen molar-refractivity contribution in [1.29, 1.82) is 0 Å². The zero-order valence-corrected chi connectivity index (χ0v) is 18.6. The maximum atomic E-state index is 13.5. The maximum Gasteiger partial charge on any atom is 0.191 e. The topological polar surface area (TPSA) is 49.3 Å². The third kappa shape index (κ3) is 5.16. The lowest BCUT2D eigenvalue weighted by Gasteiger charge is -2.19. The van der Waals surface area contributed by atoms with Crippen LogP contribution in [-0.2, 0) is 11.8 Å². The summed E-state index contributed by atoms with van der Waals surface area (Å²) in [7, 11) is 1.77. The fourth-order valence-electron chi connectivity index (χ4n) is 2.94. The molecule has 7 heteroatoms.